The van der Waals surface area contributed by atoms with Crippen molar-refractivity contribution in [2.24, 2.45) is 0 Å². The van der Waals surface area contributed by atoms with Crippen molar-refractivity contribution in [1.29, 1.82) is 5.26 Å². The van der Waals surface area contributed by atoms with E-state index in [0.717, 1.165) is 24.1 Å². The van der Waals surface area contributed by atoms with Gasteiger partial charge < -0.3 is 11.1 Å². The third kappa shape index (κ3) is 2.46. The van der Waals surface area contributed by atoms with Gasteiger partial charge in [-0.3, -0.25) is 9.36 Å². The number of aromatic nitrogens is 2. The molecule has 1 aromatic carbocycles. The number of imidazole rings is 1. The summed E-state index contributed by atoms with van der Waals surface area (Å²) in [5, 5.41) is 11.9. The van der Waals surface area contributed by atoms with Gasteiger partial charge in [-0.15, -0.1) is 0 Å². The molecule has 21 heavy (non-hydrogen) atoms. The van der Waals surface area contributed by atoms with Gasteiger partial charge in [0.15, 0.2) is 5.69 Å². The van der Waals surface area contributed by atoms with E-state index >= 15 is 0 Å². The molecule has 1 aromatic heterocycles. The van der Waals surface area contributed by atoms with Crippen molar-refractivity contribution in [2.75, 3.05) is 5.73 Å². The van der Waals surface area contributed by atoms with Crippen molar-refractivity contribution < 1.29 is 4.79 Å². The monoisotopic (exact) mass is 281 g/mol. The van der Waals surface area contributed by atoms with Crippen molar-refractivity contribution >= 4 is 11.7 Å². The van der Waals surface area contributed by atoms with E-state index in [2.05, 4.69) is 10.3 Å². The average Bonchev–Trinajstić information content (AvgIpc) is 3.21. The molecule has 1 fully saturated rings. The summed E-state index contributed by atoms with van der Waals surface area (Å²) in [4.78, 5) is 16.1. The number of nitrogens with two attached hydrogens (primary N) is 1. The highest BCUT2D eigenvalue weighted by atomic mass is 16.1. The van der Waals surface area contributed by atoms with Gasteiger partial charge in [0.2, 0.25) is 0 Å². The lowest BCUT2D eigenvalue weighted by Gasteiger charge is -2.11. The average molecular weight is 281 g/mol. The predicted molar refractivity (Wildman–Crippen MR) is 77.9 cm³/mol. The summed E-state index contributed by atoms with van der Waals surface area (Å²) < 4.78 is 1.63. The Balaban J connectivity index is 1.99. The van der Waals surface area contributed by atoms with Crippen molar-refractivity contribution in [2.45, 2.75) is 25.8 Å². The molecule has 1 aliphatic carbocycles. The number of aryl methyl sites for hydroxylation is 1. The van der Waals surface area contributed by atoms with Gasteiger partial charge in [-0.2, -0.15) is 5.26 Å². The molecular formula is C15H15N5O. The van der Waals surface area contributed by atoms with Crippen LogP contribution in [0.3, 0.4) is 0 Å². The molecule has 6 heteroatoms. The molecular weight excluding hydrogens is 266 g/mol. The molecule has 0 saturated heterocycles. The summed E-state index contributed by atoms with van der Waals surface area (Å²) in [6.45, 7) is 1.92. The molecule has 2 aromatic rings. The number of carbonyl (C=O) groups excluding carboxylic acids is 1. The predicted octanol–water partition coefficient (Wildman–Crippen LogP) is 1.53. The van der Waals surface area contributed by atoms with E-state index in [-0.39, 0.29) is 17.4 Å². The maximum atomic E-state index is 12.1. The molecule has 1 aliphatic rings. The van der Waals surface area contributed by atoms with Crippen LogP contribution in [-0.2, 0) is 0 Å². The first-order valence-corrected chi connectivity index (χ1v) is 6.75. The van der Waals surface area contributed by atoms with Gasteiger partial charge in [0.25, 0.3) is 5.91 Å². The quantitative estimate of drug-likeness (QED) is 0.891. The Hall–Kier alpha value is -2.81. The van der Waals surface area contributed by atoms with Crippen molar-refractivity contribution in [3.05, 3.63) is 41.3 Å². The van der Waals surface area contributed by atoms with E-state index in [1.54, 1.807) is 16.7 Å². The number of hydrogen-bond acceptors (Lipinski definition) is 4. The maximum absolute atomic E-state index is 12.1. The number of carbonyl (C=O) groups is 1. The molecule has 0 atom stereocenters. The van der Waals surface area contributed by atoms with Crippen LogP contribution in [0.15, 0.2) is 24.5 Å². The lowest BCUT2D eigenvalue weighted by molar-refractivity contribution is 0.0951. The van der Waals surface area contributed by atoms with Crippen LogP contribution in [0.25, 0.3) is 5.69 Å². The van der Waals surface area contributed by atoms with Gasteiger partial charge in [-0.1, -0.05) is 6.07 Å². The number of nitrogens with one attached hydrogen (secondary N) is 1. The Morgan fingerprint density at radius 3 is 2.90 bits per heavy atom. The lowest BCUT2D eigenvalue weighted by Crippen LogP contribution is -2.25. The Morgan fingerprint density at radius 1 is 1.52 bits per heavy atom. The van der Waals surface area contributed by atoms with Crippen LogP contribution < -0.4 is 11.1 Å². The minimum atomic E-state index is -0.0852. The summed E-state index contributed by atoms with van der Waals surface area (Å²) in [5.74, 6) is 0.193. The molecule has 3 N–H and O–H groups in total. The largest absolute Gasteiger partial charge is 0.382 e. The van der Waals surface area contributed by atoms with Crippen LogP contribution in [0.1, 0.15) is 34.5 Å². The molecule has 0 aliphatic heterocycles. The standard InChI is InChI=1S/C15H15N5O/c1-9-2-3-10(15(21)19-11-4-5-11)6-13(9)20-8-18-12(7-16)14(20)17/h2-3,6,8,11H,4-5,17H2,1H3,(H,19,21). The first-order valence-electron chi connectivity index (χ1n) is 6.75. The first-order chi connectivity index (χ1) is 10.1. The minimum Gasteiger partial charge on any atom is -0.382 e. The van der Waals surface area contributed by atoms with E-state index in [1.165, 1.54) is 6.33 Å². The number of nitriles is 1. The van der Waals surface area contributed by atoms with Crippen LogP contribution in [-0.4, -0.2) is 21.5 Å². The number of benzene rings is 1. The smallest absolute Gasteiger partial charge is 0.251 e. The first kappa shape index (κ1) is 13.2. The Morgan fingerprint density at radius 2 is 2.29 bits per heavy atom. The molecule has 0 unspecified atom stereocenters. The zero-order valence-electron chi connectivity index (χ0n) is 11.6. The van der Waals surface area contributed by atoms with E-state index < -0.39 is 0 Å². The number of amides is 1. The summed E-state index contributed by atoms with van der Waals surface area (Å²) in [6, 6.07) is 7.67. The number of anilines is 1. The Kier molecular flexibility index (Phi) is 3.10. The fraction of sp³-hybridized carbons (Fsp3) is 0.267. The molecule has 106 valence electrons. The van der Waals surface area contributed by atoms with E-state index in [1.807, 2.05) is 19.1 Å². The second-order valence-corrected chi connectivity index (χ2v) is 5.21. The van der Waals surface area contributed by atoms with Crippen molar-refractivity contribution in [3.63, 3.8) is 0 Å². The molecule has 1 heterocycles. The van der Waals surface area contributed by atoms with Gasteiger partial charge >= 0.3 is 0 Å². The Bertz CT molecular complexity index is 752. The number of rotatable bonds is 3. The molecule has 1 saturated carbocycles. The third-order valence-electron chi connectivity index (χ3n) is 3.55. The van der Waals surface area contributed by atoms with Gasteiger partial charge in [0, 0.05) is 11.6 Å². The topological polar surface area (TPSA) is 96.7 Å². The van der Waals surface area contributed by atoms with Gasteiger partial charge in [-0.05, 0) is 37.5 Å². The molecule has 3 rings (SSSR count). The Labute approximate surface area is 122 Å². The second-order valence-electron chi connectivity index (χ2n) is 5.21. The van der Waals surface area contributed by atoms with Gasteiger partial charge in [0.05, 0.1) is 5.69 Å². The van der Waals surface area contributed by atoms with Crippen LogP contribution in [0.2, 0.25) is 0 Å². The minimum absolute atomic E-state index is 0.0852. The number of nitrogen functional groups attached to an aromatic ring is 1. The van der Waals surface area contributed by atoms with Crippen LogP contribution >= 0.6 is 0 Å². The summed E-state index contributed by atoms with van der Waals surface area (Å²) in [5.41, 5.74) is 8.37. The lowest BCUT2D eigenvalue weighted by atomic mass is 10.1. The zero-order valence-corrected chi connectivity index (χ0v) is 11.6. The highest BCUT2D eigenvalue weighted by molar-refractivity contribution is 5.95. The summed E-state index contributed by atoms with van der Waals surface area (Å²) in [6.07, 6.45) is 3.59. The normalized spacial score (nSPS) is 13.7. The van der Waals surface area contributed by atoms with Gasteiger partial charge in [-0.25, -0.2) is 4.98 Å². The highest BCUT2D eigenvalue weighted by Gasteiger charge is 2.24. The SMILES string of the molecule is Cc1ccc(C(=O)NC2CC2)cc1-n1cnc(C#N)c1N. The molecule has 1 amide bonds. The summed E-state index contributed by atoms with van der Waals surface area (Å²) in [7, 11) is 0. The number of hydrogen-bond donors (Lipinski definition) is 2. The second kappa shape index (κ2) is 4.94. The van der Waals surface area contributed by atoms with Crippen molar-refractivity contribution in [1.82, 2.24) is 14.9 Å². The van der Waals surface area contributed by atoms with Crippen LogP contribution in [0, 0.1) is 18.3 Å². The van der Waals surface area contributed by atoms with E-state index in [0.29, 0.717) is 11.6 Å². The van der Waals surface area contributed by atoms with Crippen LogP contribution in [0.4, 0.5) is 5.82 Å². The molecule has 0 spiro atoms. The molecule has 0 bridgehead atoms. The molecule has 0 radical (unpaired) electrons. The zero-order chi connectivity index (χ0) is 15.0. The van der Waals surface area contributed by atoms with E-state index in [9.17, 15) is 4.79 Å². The number of nitrogens with zero attached hydrogens (tertiary/aromatic N) is 3. The third-order valence-corrected chi connectivity index (χ3v) is 3.55. The highest BCUT2D eigenvalue weighted by Crippen LogP contribution is 2.23. The molecule has 6 nitrogen and oxygen atoms in total. The van der Waals surface area contributed by atoms with Gasteiger partial charge in [0.1, 0.15) is 18.2 Å². The van der Waals surface area contributed by atoms with Crippen molar-refractivity contribution in [3.8, 4) is 11.8 Å². The fourth-order valence-corrected chi connectivity index (χ4v) is 2.14. The van der Waals surface area contributed by atoms with E-state index in [4.69, 9.17) is 11.0 Å². The van der Waals surface area contributed by atoms with Crippen LogP contribution in [0.5, 0.6) is 0 Å². The summed E-state index contributed by atoms with van der Waals surface area (Å²) >= 11 is 0. The maximum Gasteiger partial charge on any atom is 0.251 e. The fourth-order valence-electron chi connectivity index (χ4n) is 2.14.